The zero-order valence-corrected chi connectivity index (χ0v) is 18.2. The topological polar surface area (TPSA) is 68.2 Å². The van der Waals surface area contributed by atoms with Gasteiger partial charge in [-0.1, -0.05) is 39.0 Å². The van der Waals surface area contributed by atoms with Crippen molar-refractivity contribution in [1.82, 2.24) is 15.1 Å². The maximum absolute atomic E-state index is 5.90. The molecule has 6 heteroatoms. The van der Waals surface area contributed by atoms with Gasteiger partial charge in [0.2, 0.25) is 0 Å². The highest BCUT2D eigenvalue weighted by Crippen LogP contribution is 2.13. The number of guanidine groups is 1. The molecule has 0 amide bonds. The lowest BCUT2D eigenvalue weighted by Gasteiger charge is -2.06. The lowest BCUT2D eigenvalue weighted by Crippen LogP contribution is -2.32. The van der Waals surface area contributed by atoms with E-state index in [0.717, 1.165) is 31.6 Å². The molecule has 1 aromatic heterocycles. The Morgan fingerprint density at radius 2 is 1.79 bits per heavy atom. The van der Waals surface area contributed by atoms with Crippen molar-refractivity contribution in [2.45, 2.75) is 72.1 Å². The zero-order chi connectivity index (χ0) is 17.1. The van der Waals surface area contributed by atoms with Crippen LogP contribution in [0.1, 0.15) is 68.8 Å². The lowest BCUT2D eigenvalue weighted by atomic mass is 10.1. The monoisotopic (exact) mass is 449 g/mol. The molecule has 0 saturated carbocycles. The van der Waals surface area contributed by atoms with E-state index in [9.17, 15) is 0 Å². The first kappa shape index (κ1) is 23.2. The summed E-state index contributed by atoms with van der Waals surface area (Å²) in [4.78, 5) is 4.41. The first-order valence-electron chi connectivity index (χ1n) is 9.09. The number of unbranched alkanes of at least 4 members (excludes halogenated alkanes) is 5. The quantitative estimate of drug-likeness (QED) is 0.233. The van der Waals surface area contributed by atoms with Crippen molar-refractivity contribution >= 4 is 29.9 Å². The van der Waals surface area contributed by atoms with Gasteiger partial charge < -0.3 is 11.1 Å². The zero-order valence-electron chi connectivity index (χ0n) is 15.9. The van der Waals surface area contributed by atoms with Crippen LogP contribution in [0.15, 0.2) is 4.99 Å². The Morgan fingerprint density at radius 3 is 2.42 bits per heavy atom. The van der Waals surface area contributed by atoms with Crippen molar-refractivity contribution in [3.05, 3.63) is 17.0 Å². The highest BCUT2D eigenvalue weighted by Gasteiger charge is 2.08. The number of hydrogen-bond acceptors (Lipinski definition) is 2. The van der Waals surface area contributed by atoms with Crippen LogP contribution in [-0.2, 0) is 13.5 Å². The van der Waals surface area contributed by atoms with E-state index in [1.807, 2.05) is 11.7 Å². The third kappa shape index (κ3) is 8.89. The lowest BCUT2D eigenvalue weighted by molar-refractivity contribution is 0.601. The largest absolute Gasteiger partial charge is 0.370 e. The van der Waals surface area contributed by atoms with Gasteiger partial charge in [-0.05, 0) is 38.7 Å². The highest BCUT2D eigenvalue weighted by atomic mass is 127. The van der Waals surface area contributed by atoms with Crippen LogP contribution in [0.4, 0.5) is 0 Å². The van der Waals surface area contributed by atoms with E-state index in [2.05, 4.69) is 36.2 Å². The van der Waals surface area contributed by atoms with E-state index in [1.54, 1.807) is 0 Å². The molecule has 0 fully saturated rings. The molecule has 1 heterocycles. The summed E-state index contributed by atoms with van der Waals surface area (Å²) in [5.41, 5.74) is 9.63. The van der Waals surface area contributed by atoms with Gasteiger partial charge in [-0.15, -0.1) is 24.0 Å². The molecule has 0 unspecified atom stereocenters. The molecule has 0 aliphatic heterocycles. The second kappa shape index (κ2) is 13.5. The van der Waals surface area contributed by atoms with Crippen molar-refractivity contribution in [2.24, 2.45) is 17.8 Å². The highest BCUT2D eigenvalue weighted by molar-refractivity contribution is 14.0. The summed E-state index contributed by atoms with van der Waals surface area (Å²) >= 11 is 0. The summed E-state index contributed by atoms with van der Waals surface area (Å²) in [5, 5.41) is 7.66. The van der Waals surface area contributed by atoms with Crippen LogP contribution in [0, 0.1) is 13.8 Å². The molecule has 5 nitrogen and oxygen atoms in total. The molecule has 140 valence electrons. The maximum Gasteiger partial charge on any atom is 0.188 e. The van der Waals surface area contributed by atoms with Gasteiger partial charge >= 0.3 is 0 Å². The SMILES string of the molecule is CCCCCCCCNC(N)=NCCCc1c(C)nn(C)c1C.I. The fourth-order valence-electron chi connectivity index (χ4n) is 2.81. The Kier molecular flexibility index (Phi) is 13.1. The third-order valence-corrected chi connectivity index (χ3v) is 4.36. The van der Waals surface area contributed by atoms with Gasteiger partial charge in [0, 0.05) is 25.8 Å². The minimum absolute atomic E-state index is 0. The molecular weight excluding hydrogens is 413 g/mol. The number of aromatic nitrogens is 2. The Morgan fingerprint density at radius 1 is 1.12 bits per heavy atom. The Labute approximate surface area is 164 Å². The molecule has 0 bridgehead atoms. The van der Waals surface area contributed by atoms with E-state index >= 15 is 0 Å². The van der Waals surface area contributed by atoms with E-state index in [4.69, 9.17) is 5.73 Å². The molecule has 24 heavy (non-hydrogen) atoms. The van der Waals surface area contributed by atoms with E-state index in [0.29, 0.717) is 5.96 Å². The summed E-state index contributed by atoms with van der Waals surface area (Å²) in [5.74, 6) is 0.582. The standard InChI is InChI=1S/C18H35N5.HI/c1-5-6-7-8-9-10-13-20-18(19)21-14-11-12-17-15(2)22-23(4)16(17)3;/h5-14H2,1-4H3,(H3,19,20,21);1H. The Hall–Kier alpha value is -0.790. The van der Waals surface area contributed by atoms with Crippen LogP contribution in [0.25, 0.3) is 0 Å². The van der Waals surface area contributed by atoms with Gasteiger partial charge in [-0.3, -0.25) is 9.67 Å². The van der Waals surface area contributed by atoms with Crippen LogP contribution in [-0.4, -0.2) is 28.8 Å². The number of hydrogen-bond donors (Lipinski definition) is 2. The second-order valence-electron chi connectivity index (χ2n) is 6.34. The first-order chi connectivity index (χ1) is 11.1. The summed E-state index contributed by atoms with van der Waals surface area (Å²) in [6, 6.07) is 0. The minimum Gasteiger partial charge on any atom is -0.370 e. The summed E-state index contributed by atoms with van der Waals surface area (Å²) in [7, 11) is 1.99. The average Bonchev–Trinajstić information content (AvgIpc) is 2.76. The number of halogens is 1. The number of nitrogens with two attached hydrogens (primary N) is 1. The molecule has 3 N–H and O–H groups in total. The maximum atomic E-state index is 5.90. The molecular formula is C18H36IN5. The van der Waals surface area contributed by atoms with Gasteiger partial charge in [-0.25, -0.2) is 0 Å². The summed E-state index contributed by atoms with van der Waals surface area (Å²) in [6.07, 6.45) is 9.81. The van der Waals surface area contributed by atoms with Gasteiger partial charge in [0.15, 0.2) is 5.96 Å². The smallest absolute Gasteiger partial charge is 0.188 e. The molecule has 0 aromatic carbocycles. The fourth-order valence-corrected chi connectivity index (χ4v) is 2.81. The normalized spacial score (nSPS) is 11.4. The van der Waals surface area contributed by atoms with Crippen LogP contribution >= 0.6 is 24.0 Å². The number of nitrogens with zero attached hydrogens (tertiary/aromatic N) is 3. The van der Waals surface area contributed by atoms with Gasteiger partial charge in [-0.2, -0.15) is 5.10 Å². The molecule has 1 rings (SSSR count). The van der Waals surface area contributed by atoms with Crippen LogP contribution < -0.4 is 11.1 Å². The summed E-state index contributed by atoms with van der Waals surface area (Å²) in [6.45, 7) is 8.14. The number of aliphatic imine (C=N–C) groups is 1. The average molecular weight is 449 g/mol. The third-order valence-electron chi connectivity index (χ3n) is 4.36. The van der Waals surface area contributed by atoms with E-state index < -0.39 is 0 Å². The Bertz CT molecular complexity index is 482. The molecule has 0 saturated heterocycles. The second-order valence-corrected chi connectivity index (χ2v) is 6.34. The van der Waals surface area contributed by atoms with Gasteiger partial charge in [0.1, 0.15) is 0 Å². The first-order valence-corrected chi connectivity index (χ1v) is 9.09. The molecule has 1 aromatic rings. The molecule has 0 aliphatic carbocycles. The number of nitrogens with one attached hydrogen (secondary N) is 1. The fraction of sp³-hybridized carbons (Fsp3) is 0.778. The predicted octanol–water partition coefficient (Wildman–Crippen LogP) is 3.85. The van der Waals surface area contributed by atoms with Crippen molar-refractivity contribution in [3.8, 4) is 0 Å². The van der Waals surface area contributed by atoms with Crippen molar-refractivity contribution in [1.29, 1.82) is 0 Å². The molecule has 0 radical (unpaired) electrons. The van der Waals surface area contributed by atoms with Crippen LogP contribution in [0.2, 0.25) is 0 Å². The predicted molar refractivity (Wildman–Crippen MR) is 114 cm³/mol. The minimum atomic E-state index is 0. The van der Waals surface area contributed by atoms with Crippen LogP contribution in [0.3, 0.4) is 0 Å². The van der Waals surface area contributed by atoms with Crippen molar-refractivity contribution in [2.75, 3.05) is 13.1 Å². The molecule has 0 aliphatic rings. The van der Waals surface area contributed by atoms with Crippen molar-refractivity contribution in [3.63, 3.8) is 0 Å². The van der Waals surface area contributed by atoms with E-state index in [1.165, 1.54) is 49.8 Å². The van der Waals surface area contributed by atoms with Crippen LogP contribution in [0.5, 0.6) is 0 Å². The number of aryl methyl sites for hydroxylation is 2. The van der Waals surface area contributed by atoms with Gasteiger partial charge in [0.05, 0.1) is 5.69 Å². The Balaban J connectivity index is 0.00000529. The summed E-state index contributed by atoms with van der Waals surface area (Å²) < 4.78 is 1.95. The van der Waals surface area contributed by atoms with Crippen molar-refractivity contribution < 1.29 is 0 Å². The van der Waals surface area contributed by atoms with Gasteiger partial charge in [0.25, 0.3) is 0 Å². The molecule has 0 atom stereocenters. The number of rotatable bonds is 11. The molecule has 0 spiro atoms. The van der Waals surface area contributed by atoms with E-state index in [-0.39, 0.29) is 24.0 Å².